The number of para-hydroxylation sites is 1. The molecule has 4 aromatic rings. The molecule has 0 aliphatic carbocycles. The Morgan fingerprint density at radius 2 is 1.94 bits per heavy atom. The number of anilines is 1. The fraction of sp³-hybridized carbons (Fsp3) is 0.318. The van der Waals surface area contributed by atoms with Gasteiger partial charge in [0, 0.05) is 36.8 Å². The van der Waals surface area contributed by atoms with Gasteiger partial charge in [-0.1, -0.05) is 6.07 Å². The zero-order chi connectivity index (χ0) is 23.9. The van der Waals surface area contributed by atoms with Gasteiger partial charge in [-0.2, -0.15) is 4.52 Å². The van der Waals surface area contributed by atoms with Crippen LogP contribution in [-0.2, 0) is 9.84 Å². The van der Waals surface area contributed by atoms with Gasteiger partial charge in [0.1, 0.15) is 12.0 Å². The second-order valence-corrected chi connectivity index (χ2v) is 10.1. The predicted molar refractivity (Wildman–Crippen MR) is 128 cm³/mol. The molecule has 2 aromatic heterocycles. The van der Waals surface area contributed by atoms with Crippen LogP contribution in [0.3, 0.4) is 0 Å². The van der Waals surface area contributed by atoms with Crippen molar-refractivity contribution in [1.29, 1.82) is 0 Å². The number of sulfone groups is 1. The van der Waals surface area contributed by atoms with Crippen molar-refractivity contribution in [1.82, 2.24) is 30.2 Å². The molecule has 1 aliphatic heterocycles. The molecule has 34 heavy (non-hydrogen) atoms. The lowest BCUT2D eigenvalue weighted by molar-refractivity contribution is 0.125. The van der Waals surface area contributed by atoms with Gasteiger partial charge in [-0.3, -0.25) is 5.32 Å². The van der Waals surface area contributed by atoms with E-state index in [-0.39, 0.29) is 16.4 Å². The Morgan fingerprint density at radius 3 is 2.68 bits per heavy atom. The summed E-state index contributed by atoms with van der Waals surface area (Å²) in [7, 11) is -1.96. The summed E-state index contributed by atoms with van der Waals surface area (Å²) in [5, 5.41) is 25.2. The first-order valence-electron chi connectivity index (χ1n) is 10.8. The first kappa shape index (κ1) is 22.5. The van der Waals surface area contributed by atoms with Crippen LogP contribution in [0.15, 0.2) is 47.4 Å². The van der Waals surface area contributed by atoms with Crippen molar-refractivity contribution in [3.05, 3.63) is 42.5 Å². The van der Waals surface area contributed by atoms with Gasteiger partial charge in [0.2, 0.25) is 5.95 Å². The number of hydrogen-bond acceptors (Lipinski definition) is 10. The van der Waals surface area contributed by atoms with Crippen LogP contribution >= 0.6 is 0 Å². The maximum Gasteiger partial charge on any atom is 0.226 e. The third kappa shape index (κ3) is 4.16. The number of rotatable bonds is 5. The Bertz CT molecular complexity index is 1450. The van der Waals surface area contributed by atoms with E-state index in [1.165, 1.54) is 6.07 Å². The second kappa shape index (κ2) is 8.80. The molecule has 1 fully saturated rings. The summed E-state index contributed by atoms with van der Waals surface area (Å²) < 4.78 is 31.8. The molecule has 0 amide bonds. The van der Waals surface area contributed by atoms with Crippen molar-refractivity contribution in [2.24, 2.45) is 0 Å². The number of aliphatic hydroxyl groups excluding tert-OH is 1. The molecule has 0 bridgehead atoms. The molecule has 5 rings (SSSR count). The van der Waals surface area contributed by atoms with Gasteiger partial charge in [-0.15, -0.1) is 5.10 Å². The number of hydrogen-bond donors (Lipinski definition) is 4. The quantitative estimate of drug-likeness (QED) is 0.319. The molecular formula is C22H25N7O4S. The van der Waals surface area contributed by atoms with Crippen molar-refractivity contribution >= 4 is 32.3 Å². The minimum absolute atomic E-state index is 0.0993. The number of methoxy groups -OCH3 is 1. The van der Waals surface area contributed by atoms with Crippen LogP contribution in [0.2, 0.25) is 0 Å². The Balaban J connectivity index is 1.72. The van der Waals surface area contributed by atoms with Crippen LogP contribution in [-0.4, -0.2) is 78.4 Å². The van der Waals surface area contributed by atoms with Crippen LogP contribution in [0.25, 0.3) is 27.9 Å². The number of nitrogens with one attached hydrogen (secondary N) is 3. The van der Waals surface area contributed by atoms with Crippen molar-refractivity contribution in [2.75, 3.05) is 38.3 Å². The average molecular weight is 484 g/mol. The lowest BCUT2D eigenvalue weighted by atomic mass is 10.2. The first-order valence-corrected chi connectivity index (χ1v) is 12.7. The number of ether oxygens (including phenoxy) is 1. The van der Waals surface area contributed by atoms with E-state index in [4.69, 9.17) is 9.72 Å². The van der Waals surface area contributed by atoms with Crippen molar-refractivity contribution in [3.8, 4) is 17.1 Å². The van der Waals surface area contributed by atoms with E-state index in [0.29, 0.717) is 42.2 Å². The van der Waals surface area contributed by atoms with E-state index >= 15 is 0 Å². The number of fused-ring (bicyclic) bond motifs is 3. The first-order chi connectivity index (χ1) is 16.3. The van der Waals surface area contributed by atoms with E-state index in [0.717, 1.165) is 11.8 Å². The van der Waals surface area contributed by atoms with Gasteiger partial charge in [-0.05, 0) is 36.4 Å². The van der Waals surface area contributed by atoms with E-state index < -0.39 is 22.1 Å². The normalized spacial score (nSPS) is 19.3. The Kier molecular flexibility index (Phi) is 5.81. The molecule has 178 valence electrons. The highest BCUT2D eigenvalue weighted by atomic mass is 32.2. The zero-order valence-corrected chi connectivity index (χ0v) is 19.5. The highest BCUT2D eigenvalue weighted by Crippen LogP contribution is 2.29. The maximum atomic E-state index is 12.5. The smallest absolute Gasteiger partial charge is 0.226 e. The van der Waals surface area contributed by atoms with Crippen LogP contribution in [0.1, 0.15) is 0 Å². The third-order valence-corrected chi connectivity index (χ3v) is 6.86. The molecule has 1 saturated heterocycles. The number of benzene rings is 2. The van der Waals surface area contributed by atoms with Gasteiger partial charge in [0.05, 0.1) is 23.6 Å². The zero-order valence-electron chi connectivity index (χ0n) is 18.7. The standard InChI is InChI=1S/C22H25N7O4S/c1-33-14-8-6-13(7-9-14)19-27-20-15-4-3-5-17(34(2,31)32)18(15)26-22(29(20)28-19)25-16-12-23-10-11-24-21(16)30/h3-9,16,21,23-24,30H,10-12H2,1-2H3,(H,25,26)/t16-,21?/m1/s1. The monoisotopic (exact) mass is 483 g/mol. The Labute approximate surface area is 196 Å². The van der Waals surface area contributed by atoms with Crippen LogP contribution in [0, 0.1) is 0 Å². The summed E-state index contributed by atoms with van der Waals surface area (Å²) in [5.74, 6) is 1.44. The van der Waals surface area contributed by atoms with Crippen LogP contribution < -0.4 is 20.7 Å². The van der Waals surface area contributed by atoms with E-state index in [1.54, 1.807) is 23.8 Å². The molecule has 1 aliphatic rings. The predicted octanol–water partition coefficient (Wildman–Crippen LogP) is 0.648. The SMILES string of the molecule is COc1ccc(-c2nc3c4cccc(S(C)(=O)=O)c4nc(N[C@@H]4CNCCNC4O)n3n2)cc1. The second-order valence-electron chi connectivity index (χ2n) is 8.11. The molecule has 0 radical (unpaired) electrons. The minimum atomic E-state index is -3.55. The highest BCUT2D eigenvalue weighted by molar-refractivity contribution is 7.91. The average Bonchev–Trinajstić information content (AvgIpc) is 3.18. The largest absolute Gasteiger partial charge is 0.497 e. The van der Waals surface area contributed by atoms with Gasteiger partial charge < -0.3 is 20.5 Å². The fourth-order valence-corrected chi connectivity index (χ4v) is 4.81. The molecule has 3 heterocycles. The summed E-state index contributed by atoms with van der Waals surface area (Å²) >= 11 is 0. The lowest BCUT2D eigenvalue weighted by Crippen LogP contribution is -2.46. The molecule has 2 aromatic carbocycles. The topological polar surface area (TPSA) is 143 Å². The van der Waals surface area contributed by atoms with Crippen LogP contribution in [0.4, 0.5) is 5.95 Å². The number of nitrogens with zero attached hydrogens (tertiary/aromatic N) is 4. The van der Waals surface area contributed by atoms with Gasteiger partial charge >= 0.3 is 0 Å². The van der Waals surface area contributed by atoms with Crippen LogP contribution in [0.5, 0.6) is 5.75 Å². The van der Waals surface area contributed by atoms with E-state index in [1.807, 2.05) is 24.3 Å². The highest BCUT2D eigenvalue weighted by Gasteiger charge is 2.25. The maximum absolute atomic E-state index is 12.5. The van der Waals surface area contributed by atoms with Gasteiger partial charge in [0.15, 0.2) is 21.3 Å². The summed E-state index contributed by atoms with van der Waals surface area (Å²) in [6.45, 7) is 1.80. The van der Waals surface area contributed by atoms with Crippen molar-refractivity contribution < 1.29 is 18.3 Å². The summed E-state index contributed by atoms with van der Waals surface area (Å²) in [5.41, 5.74) is 1.51. The van der Waals surface area contributed by atoms with Crippen molar-refractivity contribution in [2.45, 2.75) is 17.2 Å². The van der Waals surface area contributed by atoms with Crippen molar-refractivity contribution in [3.63, 3.8) is 0 Å². The summed E-state index contributed by atoms with van der Waals surface area (Å²) in [6, 6.07) is 11.9. The van der Waals surface area contributed by atoms with Gasteiger partial charge in [-0.25, -0.2) is 18.4 Å². The fourth-order valence-electron chi connectivity index (χ4n) is 3.98. The lowest BCUT2D eigenvalue weighted by Gasteiger charge is -2.23. The summed E-state index contributed by atoms with van der Waals surface area (Å²) in [6.07, 6.45) is 0.313. The molecule has 0 saturated carbocycles. The number of aromatic nitrogens is 4. The minimum Gasteiger partial charge on any atom is -0.497 e. The van der Waals surface area contributed by atoms with Gasteiger partial charge in [0.25, 0.3) is 0 Å². The molecule has 4 N–H and O–H groups in total. The Morgan fingerprint density at radius 1 is 1.15 bits per heavy atom. The third-order valence-electron chi connectivity index (χ3n) is 5.73. The molecule has 2 atom stereocenters. The molecule has 1 unspecified atom stereocenters. The number of aliphatic hydroxyl groups is 1. The molecular weight excluding hydrogens is 458 g/mol. The van der Waals surface area contributed by atoms with E-state index in [2.05, 4.69) is 26.0 Å². The molecule has 0 spiro atoms. The summed E-state index contributed by atoms with van der Waals surface area (Å²) in [4.78, 5) is 9.47. The molecule has 11 nitrogen and oxygen atoms in total. The Hall–Kier alpha value is -3.32. The van der Waals surface area contributed by atoms with E-state index in [9.17, 15) is 13.5 Å². The molecule has 12 heteroatoms.